The summed E-state index contributed by atoms with van der Waals surface area (Å²) < 4.78 is 0. The first-order chi connectivity index (χ1) is 6.42. The third-order valence-corrected chi connectivity index (χ3v) is 1.92. The van der Waals surface area contributed by atoms with Crippen LogP contribution in [0.4, 0.5) is 0 Å². The molecule has 0 atom stereocenters. The topological polar surface area (TPSA) is 18.5 Å². The van der Waals surface area contributed by atoms with Crippen LogP contribution in [0.2, 0.25) is 0 Å². The molecule has 0 spiro atoms. The molecule has 2 heteroatoms. The molecule has 2 nitrogen and oxygen atoms in total. The van der Waals surface area contributed by atoms with E-state index in [4.69, 9.17) is 4.89 Å². The van der Waals surface area contributed by atoms with Crippen LogP contribution in [0.3, 0.4) is 0 Å². The maximum atomic E-state index is 5.02. The van der Waals surface area contributed by atoms with Gasteiger partial charge in [-0.15, -0.1) is 0 Å². The van der Waals surface area contributed by atoms with Crippen molar-refractivity contribution in [2.75, 3.05) is 7.11 Å². The zero-order chi connectivity index (χ0) is 9.10. The predicted octanol–water partition coefficient (Wildman–Crippen LogP) is 2.78. The molecule has 0 aliphatic carbocycles. The van der Waals surface area contributed by atoms with E-state index in [0.717, 1.165) is 16.5 Å². The van der Waals surface area contributed by atoms with Crippen LogP contribution < -0.4 is 4.89 Å². The number of hydrogen-bond acceptors (Lipinski definition) is 2. The smallest absolute Gasteiger partial charge is 0.173 e. The Hall–Kier alpha value is -1.54. The molecule has 2 aromatic rings. The Morgan fingerprint density at radius 3 is 2.54 bits per heavy atom. The van der Waals surface area contributed by atoms with Crippen molar-refractivity contribution in [2.24, 2.45) is 0 Å². The summed E-state index contributed by atoms with van der Waals surface area (Å²) in [5.74, 6) is 0.751. The van der Waals surface area contributed by atoms with Crippen LogP contribution in [0.5, 0.6) is 5.75 Å². The largest absolute Gasteiger partial charge is 0.337 e. The average Bonchev–Trinajstić information content (AvgIpc) is 2.19. The van der Waals surface area contributed by atoms with Crippen LogP contribution in [0.25, 0.3) is 10.8 Å². The predicted molar refractivity (Wildman–Crippen MR) is 51.6 cm³/mol. The lowest BCUT2D eigenvalue weighted by atomic mass is 10.1. The first kappa shape index (κ1) is 8.08. The Bertz CT molecular complexity index is 404. The molecule has 0 aliphatic heterocycles. The third kappa shape index (κ3) is 1.48. The Labute approximate surface area is 76.6 Å². The van der Waals surface area contributed by atoms with Crippen LogP contribution >= 0.6 is 0 Å². The molecule has 66 valence electrons. The molecule has 13 heavy (non-hydrogen) atoms. The van der Waals surface area contributed by atoms with Crippen LogP contribution in [0.1, 0.15) is 0 Å². The van der Waals surface area contributed by atoms with Gasteiger partial charge in [-0.25, -0.2) is 0 Å². The van der Waals surface area contributed by atoms with Crippen LogP contribution in [-0.4, -0.2) is 7.11 Å². The van der Waals surface area contributed by atoms with Crippen molar-refractivity contribution in [2.45, 2.75) is 0 Å². The molecular weight excluding hydrogens is 164 g/mol. The highest BCUT2D eigenvalue weighted by atomic mass is 17.2. The van der Waals surface area contributed by atoms with Gasteiger partial charge in [0.2, 0.25) is 0 Å². The van der Waals surface area contributed by atoms with Crippen molar-refractivity contribution in [3.05, 3.63) is 42.5 Å². The Kier molecular flexibility index (Phi) is 2.15. The highest BCUT2D eigenvalue weighted by molar-refractivity contribution is 5.88. The maximum absolute atomic E-state index is 5.02. The maximum Gasteiger partial charge on any atom is 0.173 e. The summed E-state index contributed by atoms with van der Waals surface area (Å²) in [5.41, 5.74) is 0. The molecule has 0 heterocycles. The molecule has 0 aliphatic rings. The summed E-state index contributed by atoms with van der Waals surface area (Å²) in [7, 11) is 1.50. The van der Waals surface area contributed by atoms with Crippen molar-refractivity contribution in [1.29, 1.82) is 0 Å². The van der Waals surface area contributed by atoms with Crippen molar-refractivity contribution in [3.63, 3.8) is 0 Å². The zero-order valence-corrected chi connectivity index (χ0v) is 7.36. The van der Waals surface area contributed by atoms with Gasteiger partial charge in [0.25, 0.3) is 0 Å². The Balaban J connectivity index is 2.61. The number of rotatable bonds is 2. The van der Waals surface area contributed by atoms with Gasteiger partial charge in [-0.1, -0.05) is 36.4 Å². The quantitative estimate of drug-likeness (QED) is 0.515. The normalized spacial score (nSPS) is 10.2. The summed E-state index contributed by atoms with van der Waals surface area (Å²) in [6, 6.07) is 13.9. The Morgan fingerprint density at radius 1 is 0.923 bits per heavy atom. The van der Waals surface area contributed by atoms with Gasteiger partial charge in [-0.2, -0.15) is 4.89 Å². The minimum atomic E-state index is 0.751. The fraction of sp³-hybridized carbons (Fsp3) is 0.0909. The van der Waals surface area contributed by atoms with Gasteiger partial charge in [0, 0.05) is 5.39 Å². The monoisotopic (exact) mass is 174 g/mol. The molecular formula is C11H10O2. The van der Waals surface area contributed by atoms with Crippen molar-refractivity contribution in [3.8, 4) is 5.75 Å². The van der Waals surface area contributed by atoms with Crippen molar-refractivity contribution < 1.29 is 9.78 Å². The zero-order valence-electron chi connectivity index (χ0n) is 7.36. The van der Waals surface area contributed by atoms with Gasteiger partial charge in [0.05, 0.1) is 7.11 Å². The van der Waals surface area contributed by atoms with Gasteiger partial charge in [0.1, 0.15) is 0 Å². The lowest BCUT2D eigenvalue weighted by molar-refractivity contribution is -0.176. The highest BCUT2D eigenvalue weighted by Crippen LogP contribution is 2.24. The summed E-state index contributed by atoms with van der Waals surface area (Å²) in [5, 5.41) is 2.21. The number of fused-ring (bicyclic) bond motifs is 1. The molecule has 0 radical (unpaired) electrons. The summed E-state index contributed by atoms with van der Waals surface area (Å²) >= 11 is 0. The minimum absolute atomic E-state index is 0.751. The first-order valence-electron chi connectivity index (χ1n) is 4.10. The number of hydrogen-bond donors (Lipinski definition) is 0. The van der Waals surface area contributed by atoms with Gasteiger partial charge in [-0.05, 0) is 11.5 Å². The molecule has 0 fully saturated rings. The van der Waals surface area contributed by atoms with E-state index < -0.39 is 0 Å². The second-order valence-corrected chi connectivity index (χ2v) is 2.73. The van der Waals surface area contributed by atoms with E-state index in [1.807, 2.05) is 42.5 Å². The third-order valence-electron chi connectivity index (χ3n) is 1.92. The van der Waals surface area contributed by atoms with E-state index in [-0.39, 0.29) is 0 Å². The fourth-order valence-corrected chi connectivity index (χ4v) is 1.36. The van der Waals surface area contributed by atoms with Crippen LogP contribution in [0, 0.1) is 0 Å². The molecule has 2 rings (SSSR count). The Morgan fingerprint density at radius 2 is 1.69 bits per heavy atom. The van der Waals surface area contributed by atoms with Crippen molar-refractivity contribution >= 4 is 10.8 Å². The van der Waals surface area contributed by atoms with E-state index >= 15 is 0 Å². The van der Waals surface area contributed by atoms with E-state index in [1.54, 1.807) is 0 Å². The molecule has 0 saturated carbocycles. The molecule has 2 aromatic carbocycles. The molecule has 0 amide bonds. The average molecular weight is 174 g/mol. The second kappa shape index (κ2) is 3.46. The van der Waals surface area contributed by atoms with Crippen molar-refractivity contribution in [1.82, 2.24) is 0 Å². The van der Waals surface area contributed by atoms with Gasteiger partial charge in [-0.3, -0.25) is 0 Å². The van der Waals surface area contributed by atoms with E-state index in [0.29, 0.717) is 0 Å². The highest BCUT2D eigenvalue weighted by Gasteiger charge is 1.99. The lowest BCUT2D eigenvalue weighted by Gasteiger charge is -2.04. The van der Waals surface area contributed by atoms with Crippen LogP contribution in [0.15, 0.2) is 42.5 Å². The number of benzene rings is 2. The SMILES string of the molecule is COOc1cccc2ccccc12. The fourth-order valence-electron chi connectivity index (χ4n) is 1.36. The van der Waals surface area contributed by atoms with E-state index in [2.05, 4.69) is 4.89 Å². The van der Waals surface area contributed by atoms with E-state index in [9.17, 15) is 0 Å². The lowest BCUT2D eigenvalue weighted by Crippen LogP contribution is -1.90. The first-order valence-corrected chi connectivity index (χ1v) is 4.10. The van der Waals surface area contributed by atoms with Gasteiger partial charge >= 0.3 is 0 Å². The standard InChI is InChI=1S/C11H10O2/c1-12-13-11-8-4-6-9-5-2-3-7-10(9)11/h2-8H,1H3. The van der Waals surface area contributed by atoms with Crippen LogP contribution in [-0.2, 0) is 4.89 Å². The summed E-state index contributed by atoms with van der Waals surface area (Å²) in [6.07, 6.45) is 0. The van der Waals surface area contributed by atoms with Gasteiger partial charge in [0.15, 0.2) is 5.75 Å². The second-order valence-electron chi connectivity index (χ2n) is 2.73. The molecule has 0 unspecified atom stereocenters. The summed E-state index contributed by atoms with van der Waals surface area (Å²) in [4.78, 5) is 9.66. The minimum Gasteiger partial charge on any atom is -0.337 e. The van der Waals surface area contributed by atoms with Gasteiger partial charge < -0.3 is 4.89 Å². The molecule has 0 aromatic heterocycles. The van der Waals surface area contributed by atoms with E-state index in [1.165, 1.54) is 7.11 Å². The molecule has 0 N–H and O–H groups in total. The molecule has 0 saturated heterocycles. The molecule has 0 bridgehead atoms. The summed E-state index contributed by atoms with van der Waals surface area (Å²) in [6.45, 7) is 0.